The average molecular weight is 364 g/mol. The normalized spacial score (nSPS) is 13.3. The van der Waals surface area contributed by atoms with Crippen LogP contribution in [0.1, 0.15) is 12.8 Å². The topological polar surface area (TPSA) is 117 Å². The summed E-state index contributed by atoms with van der Waals surface area (Å²) in [6.45, 7) is -0.836. The van der Waals surface area contributed by atoms with Gasteiger partial charge in [0.2, 0.25) is 11.8 Å². The Morgan fingerprint density at radius 3 is 2.58 bits per heavy atom. The highest BCUT2D eigenvalue weighted by Crippen LogP contribution is 2.08. The zero-order valence-electron chi connectivity index (χ0n) is 14.0. The number of carbonyl (C=O) groups excluding carboxylic acids is 4. The van der Waals surface area contributed by atoms with Crippen LogP contribution in [0.25, 0.3) is 0 Å². The molecule has 0 fully saturated rings. The van der Waals surface area contributed by atoms with E-state index in [-0.39, 0.29) is 31.0 Å². The molecule has 1 aliphatic heterocycles. The lowest BCUT2D eigenvalue weighted by Crippen LogP contribution is -2.38. The number of hydrazone groups is 1. The first-order chi connectivity index (χ1) is 12.3. The largest absolute Gasteiger partial charge is 0.451 e. The molecule has 9 nitrogen and oxygen atoms in total. The number of halogens is 1. The zero-order chi connectivity index (χ0) is 19.1. The van der Waals surface area contributed by atoms with Crippen molar-refractivity contribution >= 4 is 35.1 Å². The molecule has 0 saturated carbocycles. The summed E-state index contributed by atoms with van der Waals surface area (Å²) in [5.74, 6) is -2.61. The molecule has 0 bridgehead atoms. The maximum absolute atomic E-state index is 12.8. The van der Waals surface area contributed by atoms with E-state index in [1.54, 1.807) is 0 Å². The Bertz CT molecular complexity index is 748. The van der Waals surface area contributed by atoms with Crippen molar-refractivity contribution in [2.75, 3.05) is 25.5 Å². The number of likely N-dealkylation sites (N-methyl/N-ethyl adjacent to an activating group) is 1. The minimum Gasteiger partial charge on any atom is -0.451 e. The van der Waals surface area contributed by atoms with Crippen LogP contribution in [0.5, 0.6) is 0 Å². The molecule has 1 heterocycles. The monoisotopic (exact) mass is 364 g/mol. The summed E-state index contributed by atoms with van der Waals surface area (Å²) in [6.07, 6.45) is 0.250. The molecule has 138 valence electrons. The molecular weight excluding hydrogens is 347 g/mol. The summed E-state index contributed by atoms with van der Waals surface area (Å²) in [4.78, 5) is 47.6. The number of benzene rings is 1. The van der Waals surface area contributed by atoms with Gasteiger partial charge in [-0.15, -0.1) is 0 Å². The first-order valence-electron chi connectivity index (χ1n) is 7.67. The Morgan fingerprint density at radius 1 is 1.27 bits per heavy atom. The van der Waals surface area contributed by atoms with Gasteiger partial charge in [0.1, 0.15) is 11.5 Å². The average Bonchev–Trinajstić information content (AvgIpc) is 2.61. The van der Waals surface area contributed by atoms with Gasteiger partial charge in [-0.1, -0.05) is 0 Å². The Labute approximate surface area is 148 Å². The van der Waals surface area contributed by atoms with Gasteiger partial charge in [0.05, 0.1) is 6.54 Å². The molecule has 0 unspecified atom stereocenters. The fourth-order valence-electron chi connectivity index (χ4n) is 1.98. The number of carbonyl (C=O) groups is 4. The highest BCUT2D eigenvalue weighted by molar-refractivity contribution is 6.37. The van der Waals surface area contributed by atoms with Crippen molar-refractivity contribution in [3.63, 3.8) is 0 Å². The van der Waals surface area contributed by atoms with Gasteiger partial charge in [-0.05, 0) is 24.3 Å². The van der Waals surface area contributed by atoms with Crippen molar-refractivity contribution in [1.29, 1.82) is 0 Å². The second-order valence-corrected chi connectivity index (χ2v) is 5.47. The molecule has 2 N–H and O–H groups in total. The van der Waals surface area contributed by atoms with Crippen LogP contribution in [0.2, 0.25) is 0 Å². The van der Waals surface area contributed by atoms with E-state index in [1.165, 1.54) is 31.3 Å². The van der Waals surface area contributed by atoms with Gasteiger partial charge in [0, 0.05) is 25.6 Å². The van der Waals surface area contributed by atoms with Crippen molar-refractivity contribution in [2.45, 2.75) is 12.8 Å². The highest BCUT2D eigenvalue weighted by Gasteiger charge is 2.21. The van der Waals surface area contributed by atoms with Crippen LogP contribution in [0.15, 0.2) is 29.4 Å². The summed E-state index contributed by atoms with van der Waals surface area (Å²) >= 11 is 0. The second kappa shape index (κ2) is 8.70. The number of amides is 3. The lowest BCUT2D eigenvalue weighted by molar-refractivity contribution is -0.146. The number of anilines is 1. The predicted molar refractivity (Wildman–Crippen MR) is 88.4 cm³/mol. The van der Waals surface area contributed by atoms with Crippen molar-refractivity contribution in [3.8, 4) is 0 Å². The van der Waals surface area contributed by atoms with Crippen molar-refractivity contribution in [1.82, 2.24) is 10.3 Å². The zero-order valence-corrected chi connectivity index (χ0v) is 14.0. The van der Waals surface area contributed by atoms with Crippen LogP contribution in [0.4, 0.5) is 10.1 Å². The van der Waals surface area contributed by atoms with Gasteiger partial charge in [-0.2, -0.15) is 5.10 Å². The predicted octanol–water partition coefficient (Wildman–Crippen LogP) is 0.0318. The summed E-state index contributed by atoms with van der Waals surface area (Å²) in [6, 6.07) is 5.17. The number of nitrogens with zero attached hydrogens (tertiary/aromatic N) is 2. The maximum atomic E-state index is 12.8. The Hall–Kier alpha value is -3.30. The van der Waals surface area contributed by atoms with Crippen molar-refractivity contribution in [2.24, 2.45) is 5.10 Å². The van der Waals surface area contributed by atoms with Crippen LogP contribution in [-0.4, -0.2) is 54.5 Å². The number of esters is 1. The third-order valence-corrected chi connectivity index (χ3v) is 3.40. The molecule has 0 radical (unpaired) electrons. The van der Waals surface area contributed by atoms with E-state index in [0.717, 1.165) is 4.90 Å². The number of rotatable bonds is 6. The molecular formula is C16H17FN4O5. The van der Waals surface area contributed by atoms with Gasteiger partial charge in [0.15, 0.2) is 6.61 Å². The minimum atomic E-state index is -0.803. The lowest BCUT2D eigenvalue weighted by atomic mass is 10.2. The maximum Gasteiger partial charge on any atom is 0.355 e. The number of hydrogen-bond donors (Lipinski definition) is 2. The van der Waals surface area contributed by atoms with Gasteiger partial charge in [-0.25, -0.2) is 14.6 Å². The van der Waals surface area contributed by atoms with Gasteiger partial charge >= 0.3 is 5.97 Å². The summed E-state index contributed by atoms with van der Waals surface area (Å²) in [7, 11) is 1.37. The quantitative estimate of drug-likeness (QED) is 0.691. The Balaban J connectivity index is 1.76. The summed E-state index contributed by atoms with van der Waals surface area (Å²) in [5, 5.41) is 6.07. The molecule has 10 heteroatoms. The SMILES string of the molecule is CN(CC(=O)Nc1ccc(F)cc1)C(=O)COC(=O)C1=NNC(=O)CC1. The number of ether oxygens (including phenoxy) is 1. The molecule has 0 atom stereocenters. The lowest BCUT2D eigenvalue weighted by Gasteiger charge is -2.17. The second-order valence-electron chi connectivity index (χ2n) is 5.47. The van der Waals surface area contributed by atoms with E-state index in [9.17, 15) is 23.6 Å². The molecule has 0 saturated heterocycles. The highest BCUT2D eigenvalue weighted by atomic mass is 19.1. The fraction of sp³-hybridized carbons (Fsp3) is 0.312. The Morgan fingerprint density at radius 2 is 1.96 bits per heavy atom. The van der Waals surface area contributed by atoms with E-state index in [0.29, 0.717) is 5.69 Å². The van der Waals surface area contributed by atoms with Crippen LogP contribution in [0, 0.1) is 5.82 Å². The third kappa shape index (κ3) is 5.65. The van der Waals surface area contributed by atoms with E-state index >= 15 is 0 Å². The molecule has 3 amide bonds. The fourth-order valence-corrected chi connectivity index (χ4v) is 1.98. The smallest absolute Gasteiger partial charge is 0.355 e. The molecule has 1 aromatic rings. The molecule has 1 aliphatic rings. The van der Waals surface area contributed by atoms with Crippen molar-refractivity contribution < 1.29 is 28.3 Å². The van der Waals surface area contributed by atoms with Crippen molar-refractivity contribution in [3.05, 3.63) is 30.1 Å². The number of hydrogen-bond acceptors (Lipinski definition) is 6. The first kappa shape index (κ1) is 19.0. The van der Waals surface area contributed by atoms with Gasteiger partial charge < -0.3 is 15.0 Å². The molecule has 0 aromatic heterocycles. The van der Waals surface area contributed by atoms with E-state index in [1.807, 2.05) is 0 Å². The minimum absolute atomic E-state index is 0.0223. The Kier molecular flexibility index (Phi) is 6.36. The number of nitrogens with one attached hydrogen (secondary N) is 2. The third-order valence-electron chi connectivity index (χ3n) is 3.40. The summed E-state index contributed by atoms with van der Waals surface area (Å²) < 4.78 is 17.6. The first-order valence-corrected chi connectivity index (χ1v) is 7.67. The molecule has 2 rings (SSSR count). The van der Waals surface area contributed by atoms with E-state index < -0.39 is 30.2 Å². The van der Waals surface area contributed by atoms with Gasteiger partial charge in [-0.3, -0.25) is 14.4 Å². The van der Waals surface area contributed by atoms with Crippen LogP contribution in [-0.2, 0) is 23.9 Å². The van der Waals surface area contributed by atoms with Crippen LogP contribution >= 0.6 is 0 Å². The molecule has 1 aromatic carbocycles. The van der Waals surface area contributed by atoms with Crippen LogP contribution in [0.3, 0.4) is 0 Å². The van der Waals surface area contributed by atoms with E-state index in [4.69, 9.17) is 4.74 Å². The summed E-state index contributed by atoms with van der Waals surface area (Å²) in [5.41, 5.74) is 2.56. The standard InChI is InChI=1S/C16H17FN4O5/c1-21(8-14(23)18-11-4-2-10(17)3-5-11)15(24)9-26-16(25)12-6-7-13(22)20-19-12/h2-5H,6-9H2,1H3,(H,18,23)(H,20,22). The molecule has 0 aliphatic carbocycles. The van der Waals surface area contributed by atoms with E-state index in [2.05, 4.69) is 15.8 Å². The molecule has 0 spiro atoms. The molecule has 26 heavy (non-hydrogen) atoms. The van der Waals surface area contributed by atoms with Crippen LogP contribution < -0.4 is 10.7 Å². The van der Waals surface area contributed by atoms with Gasteiger partial charge in [0.25, 0.3) is 5.91 Å².